The van der Waals surface area contributed by atoms with Crippen LogP contribution in [0.15, 0.2) is 152 Å². The van der Waals surface area contributed by atoms with E-state index in [1.165, 1.54) is 90.9 Å². The van der Waals surface area contributed by atoms with E-state index in [9.17, 15) is 0 Å². The standard InChI is InChI=1S/C42H25BN2S2/c1-3-14-28(15-4-1)44-34-20-11-21-35-37(34)43(41-38(44)33-25-23-27-13-8-10-19-31(27)40(33)46-41)36-32-24-22-26-12-7-9-18-30(26)39(32)47-42(36)45(35)29-16-5-2-6-17-29/h1-25H. The number of fused-ring (bicyclic) bond motifs is 12. The summed E-state index contributed by atoms with van der Waals surface area (Å²) in [6.07, 6.45) is 0. The van der Waals surface area contributed by atoms with Gasteiger partial charge in [0.25, 0.3) is 6.71 Å². The molecule has 0 N–H and O–H groups in total. The van der Waals surface area contributed by atoms with Crippen LogP contribution in [0.25, 0.3) is 41.7 Å². The molecule has 0 amide bonds. The first-order valence-corrected chi connectivity index (χ1v) is 17.7. The van der Waals surface area contributed by atoms with E-state index in [4.69, 9.17) is 0 Å². The fourth-order valence-electron chi connectivity index (χ4n) is 8.08. The molecule has 2 aliphatic heterocycles. The highest BCUT2D eigenvalue weighted by Crippen LogP contribution is 2.51. The Balaban J connectivity index is 1.33. The number of benzene rings is 7. The van der Waals surface area contributed by atoms with Gasteiger partial charge in [-0.3, -0.25) is 0 Å². The van der Waals surface area contributed by atoms with Gasteiger partial charge in [0.15, 0.2) is 0 Å². The molecule has 4 heterocycles. The van der Waals surface area contributed by atoms with Crippen molar-refractivity contribution in [2.45, 2.75) is 0 Å². The van der Waals surface area contributed by atoms with Crippen LogP contribution < -0.4 is 25.5 Å². The third-order valence-corrected chi connectivity index (χ3v) is 12.5. The molecule has 0 unspecified atom stereocenters. The predicted molar refractivity (Wildman–Crippen MR) is 206 cm³/mol. The number of para-hydroxylation sites is 2. The molecule has 2 aromatic heterocycles. The molecule has 0 aliphatic carbocycles. The van der Waals surface area contributed by atoms with Gasteiger partial charge < -0.3 is 9.80 Å². The second-order valence-corrected chi connectivity index (χ2v) is 14.5. The van der Waals surface area contributed by atoms with E-state index in [2.05, 4.69) is 161 Å². The Morgan fingerprint density at radius 1 is 0.404 bits per heavy atom. The second kappa shape index (κ2) is 9.58. The molecule has 47 heavy (non-hydrogen) atoms. The van der Waals surface area contributed by atoms with Crippen molar-refractivity contribution in [3.05, 3.63) is 152 Å². The lowest BCUT2D eigenvalue weighted by atomic mass is 9.36. The first kappa shape index (κ1) is 25.8. The summed E-state index contributed by atoms with van der Waals surface area (Å²) in [6, 6.07) is 55.9. The van der Waals surface area contributed by atoms with Gasteiger partial charge in [-0.15, -0.1) is 22.7 Å². The summed E-state index contributed by atoms with van der Waals surface area (Å²) < 4.78 is 4.14. The largest absolute Gasteiger partial charge is 0.310 e. The SMILES string of the molecule is c1ccc(N2c3cccc4c3B(c3sc5c(ccc6ccccc65)c3N4c3ccccc3)c3c2sc2c3ccc3ccccc32)cc1. The zero-order valence-corrected chi connectivity index (χ0v) is 26.9. The van der Waals surface area contributed by atoms with Gasteiger partial charge in [0.05, 0.1) is 10.7 Å². The van der Waals surface area contributed by atoms with E-state index in [1.807, 2.05) is 22.7 Å². The maximum absolute atomic E-state index is 2.54. The van der Waals surface area contributed by atoms with Crippen molar-refractivity contribution in [1.82, 2.24) is 0 Å². The Morgan fingerprint density at radius 3 is 1.64 bits per heavy atom. The van der Waals surface area contributed by atoms with Gasteiger partial charge in [-0.25, -0.2) is 0 Å². The van der Waals surface area contributed by atoms with Crippen molar-refractivity contribution in [2.24, 2.45) is 0 Å². The molecule has 0 spiro atoms. The third kappa shape index (κ3) is 3.45. The quantitative estimate of drug-likeness (QED) is 0.175. The van der Waals surface area contributed by atoms with E-state index in [-0.39, 0.29) is 6.71 Å². The molecule has 218 valence electrons. The fraction of sp³-hybridized carbons (Fsp3) is 0. The van der Waals surface area contributed by atoms with E-state index < -0.39 is 0 Å². The lowest BCUT2D eigenvalue weighted by Crippen LogP contribution is -2.60. The minimum atomic E-state index is 0.109. The van der Waals surface area contributed by atoms with Gasteiger partial charge in [0.1, 0.15) is 0 Å². The molecular weight excluding hydrogens is 607 g/mol. The van der Waals surface area contributed by atoms with Crippen LogP contribution in [-0.4, -0.2) is 6.71 Å². The Morgan fingerprint density at radius 2 is 0.957 bits per heavy atom. The number of rotatable bonds is 2. The van der Waals surface area contributed by atoms with Crippen LogP contribution in [0.2, 0.25) is 0 Å². The van der Waals surface area contributed by atoms with Crippen molar-refractivity contribution in [3.8, 4) is 0 Å². The van der Waals surface area contributed by atoms with E-state index >= 15 is 0 Å². The van der Waals surface area contributed by atoms with E-state index in [0.717, 1.165) is 0 Å². The fourth-order valence-corrected chi connectivity index (χ4v) is 10.9. The molecule has 0 fully saturated rings. The Hall–Kier alpha value is -5.36. The van der Waals surface area contributed by atoms with Crippen LogP contribution in [0.3, 0.4) is 0 Å². The van der Waals surface area contributed by atoms with Crippen molar-refractivity contribution < 1.29 is 0 Å². The average Bonchev–Trinajstić information content (AvgIpc) is 3.72. The maximum Gasteiger partial charge on any atom is 0.266 e. The lowest BCUT2D eigenvalue weighted by Gasteiger charge is -2.41. The van der Waals surface area contributed by atoms with E-state index in [1.54, 1.807) is 0 Å². The highest BCUT2D eigenvalue weighted by atomic mass is 32.1. The smallest absolute Gasteiger partial charge is 0.266 e. The normalized spacial score (nSPS) is 13.4. The van der Waals surface area contributed by atoms with E-state index in [0.29, 0.717) is 0 Å². The highest BCUT2D eigenvalue weighted by Gasteiger charge is 2.46. The average molecular weight is 633 g/mol. The number of hydrogen-bond donors (Lipinski definition) is 0. The summed E-state index contributed by atoms with van der Waals surface area (Å²) in [4.78, 5) is 5.07. The Bertz CT molecular complexity index is 2710. The zero-order chi connectivity index (χ0) is 30.6. The Kier molecular flexibility index (Phi) is 5.26. The molecule has 7 aromatic carbocycles. The van der Waals surface area contributed by atoms with Gasteiger partial charge in [-0.2, -0.15) is 0 Å². The monoisotopic (exact) mass is 632 g/mol. The number of thiophene rings is 2. The minimum Gasteiger partial charge on any atom is -0.310 e. The molecule has 0 atom stereocenters. The summed E-state index contributed by atoms with van der Waals surface area (Å²) in [7, 11) is 0. The van der Waals surface area contributed by atoms with Gasteiger partial charge in [-0.05, 0) is 74.3 Å². The Labute approximate surface area is 280 Å². The van der Waals surface area contributed by atoms with Crippen LogP contribution in [0, 0.1) is 0 Å². The summed E-state index contributed by atoms with van der Waals surface area (Å²) in [6.45, 7) is 0.109. The first-order valence-electron chi connectivity index (χ1n) is 16.1. The van der Waals surface area contributed by atoms with Crippen LogP contribution in [0.4, 0.5) is 33.4 Å². The number of nitrogens with zero attached hydrogens (tertiary/aromatic N) is 2. The van der Waals surface area contributed by atoms with Crippen LogP contribution in [0.5, 0.6) is 0 Å². The summed E-state index contributed by atoms with van der Waals surface area (Å²) in [5, 5.41) is 9.22. The molecule has 2 nitrogen and oxygen atoms in total. The molecule has 0 bridgehead atoms. The number of anilines is 6. The van der Waals surface area contributed by atoms with Crippen molar-refractivity contribution in [3.63, 3.8) is 0 Å². The van der Waals surface area contributed by atoms with Crippen molar-refractivity contribution >= 4 is 120 Å². The molecule has 2 aliphatic rings. The van der Waals surface area contributed by atoms with Crippen LogP contribution in [0.1, 0.15) is 0 Å². The van der Waals surface area contributed by atoms with Crippen LogP contribution >= 0.6 is 22.7 Å². The maximum atomic E-state index is 2.54. The second-order valence-electron chi connectivity index (χ2n) is 12.4. The highest BCUT2D eigenvalue weighted by molar-refractivity contribution is 7.36. The minimum absolute atomic E-state index is 0.109. The lowest BCUT2D eigenvalue weighted by molar-refractivity contribution is 1.28. The summed E-state index contributed by atoms with van der Waals surface area (Å²) >= 11 is 3.93. The third-order valence-electron chi connectivity index (χ3n) is 10.0. The van der Waals surface area contributed by atoms with Crippen molar-refractivity contribution in [2.75, 3.05) is 9.80 Å². The van der Waals surface area contributed by atoms with Crippen LogP contribution in [-0.2, 0) is 0 Å². The molecule has 5 heteroatoms. The van der Waals surface area contributed by atoms with Gasteiger partial charge in [0, 0.05) is 42.3 Å². The van der Waals surface area contributed by atoms with Gasteiger partial charge in [-0.1, -0.05) is 115 Å². The predicted octanol–water partition coefficient (Wildman–Crippen LogP) is 10.5. The summed E-state index contributed by atoms with van der Waals surface area (Å²) in [5.74, 6) is 0. The molecule has 0 saturated heterocycles. The first-order chi connectivity index (χ1) is 23.3. The van der Waals surface area contributed by atoms with Gasteiger partial charge in [0.2, 0.25) is 0 Å². The molecule has 0 radical (unpaired) electrons. The topological polar surface area (TPSA) is 6.48 Å². The molecular formula is C42H25BN2S2. The number of hydrogen-bond acceptors (Lipinski definition) is 4. The summed E-state index contributed by atoms with van der Waals surface area (Å²) in [5.41, 5.74) is 9.01. The molecule has 0 saturated carbocycles. The van der Waals surface area contributed by atoms with Gasteiger partial charge >= 0.3 is 0 Å². The molecule has 9 aromatic rings. The van der Waals surface area contributed by atoms with Crippen molar-refractivity contribution in [1.29, 1.82) is 0 Å². The zero-order valence-electron chi connectivity index (χ0n) is 25.2. The molecule has 11 rings (SSSR count).